The van der Waals surface area contributed by atoms with Crippen molar-refractivity contribution in [1.82, 2.24) is 10.3 Å². The van der Waals surface area contributed by atoms with Gasteiger partial charge in [-0.1, -0.05) is 0 Å². The summed E-state index contributed by atoms with van der Waals surface area (Å²) < 4.78 is 11.3. The van der Waals surface area contributed by atoms with Gasteiger partial charge in [0.1, 0.15) is 0 Å². The fourth-order valence-electron chi connectivity index (χ4n) is 2.22. The van der Waals surface area contributed by atoms with Gasteiger partial charge in [0, 0.05) is 30.1 Å². The zero-order chi connectivity index (χ0) is 16.1. The summed E-state index contributed by atoms with van der Waals surface area (Å²) in [7, 11) is 1.75. The molecule has 6 nitrogen and oxygen atoms in total. The molecule has 1 aromatic carbocycles. The normalized spacial score (nSPS) is 14.3. The number of aryl methyl sites for hydroxylation is 1. The van der Waals surface area contributed by atoms with Crippen LogP contribution in [0.15, 0.2) is 28.7 Å². The van der Waals surface area contributed by atoms with Crippen LogP contribution in [0.1, 0.15) is 17.0 Å². The highest BCUT2D eigenvalue weighted by Gasteiger charge is 2.11. The number of rotatable bonds is 3. The van der Waals surface area contributed by atoms with Crippen molar-refractivity contribution in [3.8, 4) is 11.5 Å². The number of anilines is 1. The van der Waals surface area contributed by atoms with Gasteiger partial charge >= 0.3 is 0 Å². The van der Waals surface area contributed by atoms with Gasteiger partial charge in [0.15, 0.2) is 17.5 Å². The first-order valence-corrected chi connectivity index (χ1v) is 8.40. The van der Waals surface area contributed by atoms with E-state index in [1.54, 1.807) is 18.4 Å². The Hall–Kier alpha value is -2.28. The standard InChI is InChI=1S/C16H20N4O2S/c1-11-15(23-10-19-11)9-18-16(17-2)20-12-4-5-13-14(8-12)22-7-3-6-21-13/h4-5,8,10H,3,6-7,9H2,1-2H3,(H2,17,18,20). The summed E-state index contributed by atoms with van der Waals surface area (Å²) >= 11 is 1.64. The molecule has 0 unspecified atom stereocenters. The van der Waals surface area contributed by atoms with Gasteiger partial charge in [-0.05, 0) is 19.1 Å². The summed E-state index contributed by atoms with van der Waals surface area (Å²) in [4.78, 5) is 9.70. The molecule has 0 amide bonds. The Balaban J connectivity index is 1.65. The molecule has 0 saturated heterocycles. The van der Waals surface area contributed by atoms with Crippen LogP contribution in [0.5, 0.6) is 11.5 Å². The first kappa shape index (κ1) is 15.6. The molecule has 0 spiro atoms. The van der Waals surface area contributed by atoms with Crippen molar-refractivity contribution >= 4 is 23.0 Å². The molecule has 2 aromatic rings. The number of hydrogen-bond donors (Lipinski definition) is 2. The third kappa shape index (κ3) is 3.92. The maximum Gasteiger partial charge on any atom is 0.195 e. The lowest BCUT2D eigenvalue weighted by molar-refractivity contribution is 0.297. The molecular weight excluding hydrogens is 312 g/mol. The number of aliphatic imine (C=N–C) groups is 1. The molecule has 0 aliphatic carbocycles. The quantitative estimate of drug-likeness (QED) is 0.668. The third-order valence-electron chi connectivity index (χ3n) is 3.50. The van der Waals surface area contributed by atoms with E-state index in [4.69, 9.17) is 9.47 Å². The van der Waals surface area contributed by atoms with Crippen molar-refractivity contribution in [2.24, 2.45) is 4.99 Å². The van der Waals surface area contributed by atoms with Crippen molar-refractivity contribution in [1.29, 1.82) is 0 Å². The Kier molecular flexibility index (Phi) is 4.97. The van der Waals surface area contributed by atoms with E-state index >= 15 is 0 Å². The Morgan fingerprint density at radius 2 is 2.13 bits per heavy atom. The van der Waals surface area contributed by atoms with Crippen molar-refractivity contribution < 1.29 is 9.47 Å². The maximum atomic E-state index is 5.71. The molecule has 7 heteroatoms. The lowest BCUT2D eigenvalue weighted by Gasteiger charge is -2.13. The van der Waals surface area contributed by atoms with E-state index in [2.05, 4.69) is 20.6 Å². The Morgan fingerprint density at radius 3 is 2.87 bits per heavy atom. The van der Waals surface area contributed by atoms with E-state index in [0.29, 0.717) is 25.7 Å². The Labute approximate surface area is 139 Å². The van der Waals surface area contributed by atoms with Crippen molar-refractivity contribution in [2.45, 2.75) is 19.9 Å². The van der Waals surface area contributed by atoms with Gasteiger partial charge in [0.25, 0.3) is 0 Å². The Morgan fingerprint density at radius 1 is 1.30 bits per heavy atom. The number of thiazole rings is 1. The number of guanidine groups is 1. The SMILES string of the molecule is CN=C(NCc1scnc1C)Nc1ccc2c(c1)OCCCO2. The molecule has 1 aromatic heterocycles. The number of nitrogens with zero attached hydrogens (tertiary/aromatic N) is 2. The predicted molar refractivity (Wildman–Crippen MR) is 92.7 cm³/mol. The van der Waals surface area contributed by atoms with Gasteiger partial charge in [0.2, 0.25) is 0 Å². The second-order valence-electron chi connectivity index (χ2n) is 5.12. The largest absolute Gasteiger partial charge is 0.490 e. The van der Waals surface area contributed by atoms with E-state index in [0.717, 1.165) is 29.3 Å². The van der Waals surface area contributed by atoms with Crippen LogP contribution < -0.4 is 20.1 Å². The molecule has 0 fully saturated rings. The minimum atomic E-state index is 0.675. The molecule has 0 atom stereocenters. The van der Waals surface area contributed by atoms with Crippen LogP contribution in [-0.2, 0) is 6.54 Å². The van der Waals surface area contributed by atoms with Gasteiger partial charge in [-0.15, -0.1) is 11.3 Å². The lowest BCUT2D eigenvalue weighted by Crippen LogP contribution is -2.30. The van der Waals surface area contributed by atoms with E-state index < -0.39 is 0 Å². The van der Waals surface area contributed by atoms with Crippen molar-refractivity contribution in [2.75, 3.05) is 25.6 Å². The first-order valence-electron chi connectivity index (χ1n) is 7.52. The van der Waals surface area contributed by atoms with E-state index in [1.165, 1.54) is 4.88 Å². The second-order valence-corrected chi connectivity index (χ2v) is 6.06. The number of nitrogens with one attached hydrogen (secondary N) is 2. The summed E-state index contributed by atoms with van der Waals surface area (Å²) in [5.41, 5.74) is 3.81. The third-order valence-corrected chi connectivity index (χ3v) is 4.43. The molecule has 0 saturated carbocycles. The number of fused-ring (bicyclic) bond motifs is 1. The maximum absolute atomic E-state index is 5.71. The molecule has 23 heavy (non-hydrogen) atoms. The van der Waals surface area contributed by atoms with E-state index in [1.807, 2.05) is 30.6 Å². The summed E-state index contributed by atoms with van der Waals surface area (Å²) in [6.45, 7) is 4.07. The molecule has 122 valence electrons. The van der Waals surface area contributed by atoms with Gasteiger partial charge < -0.3 is 20.1 Å². The smallest absolute Gasteiger partial charge is 0.195 e. The average Bonchev–Trinajstić information content (AvgIpc) is 2.83. The van der Waals surface area contributed by atoms with E-state index in [-0.39, 0.29) is 0 Å². The van der Waals surface area contributed by atoms with Crippen LogP contribution in [0, 0.1) is 6.92 Å². The van der Waals surface area contributed by atoms with Crippen LogP contribution in [0.4, 0.5) is 5.69 Å². The summed E-state index contributed by atoms with van der Waals surface area (Å²) in [6, 6.07) is 5.81. The number of benzene rings is 1. The average molecular weight is 332 g/mol. The monoisotopic (exact) mass is 332 g/mol. The second kappa shape index (κ2) is 7.32. The summed E-state index contributed by atoms with van der Waals surface area (Å²) in [5.74, 6) is 2.25. The molecule has 2 heterocycles. The van der Waals surface area contributed by atoms with Gasteiger partial charge in [0.05, 0.1) is 31.0 Å². The predicted octanol–water partition coefficient (Wildman–Crippen LogP) is 2.80. The fraction of sp³-hybridized carbons (Fsp3) is 0.375. The zero-order valence-corrected chi connectivity index (χ0v) is 14.1. The van der Waals surface area contributed by atoms with Gasteiger partial charge in [-0.25, -0.2) is 4.98 Å². The van der Waals surface area contributed by atoms with Crippen LogP contribution in [-0.4, -0.2) is 31.2 Å². The van der Waals surface area contributed by atoms with Crippen LogP contribution in [0.2, 0.25) is 0 Å². The highest BCUT2D eigenvalue weighted by atomic mass is 32.1. The van der Waals surface area contributed by atoms with Crippen LogP contribution >= 0.6 is 11.3 Å². The molecule has 3 rings (SSSR count). The molecule has 0 bridgehead atoms. The number of ether oxygens (including phenoxy) is 2. The van der Waals surface area contributed by atoms with Gasteiger partial charge in [-0.3, -0.25) is 4.99 Å². The highest BCUT2D eigenvalue weighted by molar-refractivity contribution is 7.09. The summed E-state index contributed by atoms with van der Waals surface area (Å²) in [6.07, 6.45) is 0.898. The minimum Gasteiger partial charge on any atom is -0.490 e. The van der Waals surface area contributed by atoms with E-state index in [9.17, 15) is 0 Å². The number of hydrogen-bond acceptors (Lipinski definition) is 5. The van der Waals surface area contributed by atoms with Crippen molar-refractivity contribution in [3.05, 3.63) is 34.3 Å². The molecule has 1 aliphatic rings. The van der Waals surface area contributed by atoms with Crippen LogP contribution in [0.25, 0.3) is 0 Å². The molecule has 1 aliphatic heterocycles. The fourth-order valence-corrected chi connectivity index (χ4v) is 2.93. The van der Waals surface area contributed by atoms with Crippen LogP contribution in [0.3, 0.4) is 0 Å². The molecule has 2 N–H and O–H groups in total. The van der Waals surface area contributed by atoms with Crippen molar-refractivity contribution in [3.63, 3.8) is 0 Å². The zero-order valence-electron chi connectivity index (χ0n) is 13.3. The topological polar surface area (TPSA) is 67.8 Å². The number of aromatic nitrogens is 1. The highest BCUT2D eigenvalue weighted by Crippen LogP contribution is 2.32. The minimum absolute atomic E-state index is 0.675. The summed E-state index contributed by atoms with van der Waals surface area (Å²) in [5, 5.41) is 6.56. The Bertz CT molecular complexity index is 699. The lowest BCUT2D eigenvalue weighted by atomic mass is 10.2. The van der Waals surface area contributed by atoms with Gasteiger partial charge in [-0.2, -0.15) is 0 Å². The molecule has 0 radical (unpaired) electrons. The first-order chi connectivity index (χ1) is 11.3. The molecular formula is C16H20N4O2S.